The van der Waals surface area contributed by atoms with Gasteiger partial charge in [-0.3, -0.25) is 0 Å². The molecule has 5 nitrogen and oxygen atoms in total. The van der Waals surface area contributed by atoms with Crippen molar-refractivity contribution in [3.8, 4) is 5.75 Å². The van der Waals surface area contributed by atoms with Crippen LogP contribution in [0.5, 0.6) is 5.75 Å². The Morgan fingerprint density at radius 3 is 2.40 bits per heavy atom. The third-order valence-electron chi connectivity index (χ3n) is 4.72. The van der Waals surface area contributed by atoms with E-state index >= 15 is 0 Å². The zero-order chi connectivity index (χ0) is 18.7. The van der Waals surface area contributed by atoms with Crippen LogP contribution in [0.2, 0.25) is 5.02 Å². The van der Waals surface area contributed by atoms with Crippen LogP contribution in [0.1, 0.15) is 46.5 Å². The highest BCUT2D eigenvalue weighted by Crippen LogP contribution is 2.30. The largest absolute Gasteiger partial charge is 0.495 e. The quantitative estimate of drug-likeness (QED) is 0.771. The van der Waals surface area contributed by atoms with Gasteiger partial charge in [-0.05, 0) is 70.6 Å². The maximum absolute atomic E-state index is 12.3. The molecule has 1 aromatic rings. The summed E-state index contributed by atoms with van der Waals surface area (Å²) in [5, 5.41) is 4.08. The van der Waals surface area contributed by atoms with E-state index in [1.165, 1.54) is 0 Å². The van der Waals surface area contributed by atoms with Crippen LogP contribution in [0.4, 0.5) is 5.69 Å². The molecule has 2 N–H and O–H groups in total. The van der Waals surface area contributed by atoms with E-state index in [2.05, 4.69) is 10.0 Å². The lowest BCUT2D eigenvalue weighted by Crippen LogP contribution is -2.46. The molecule has 0 saturated heterocycles. The molecule has 0 unspecified atom stereocenters. The van der Waals surface area contributed by atoms with Gasteiger partial charge in [-0.2, -0.15) is 0 Å². The van der Waals surface area contributed by atoms with E-state index in [1.807, 2.05) is 12.1 Å². The number of hydrogen-bond donors (Lipinski definition) is 2. The van der Waals surface area contributed by atoms with E-state index in [0.29, 0.717) is 10.9 Å². The van der Waals surface area contributed by atoms with Crippen molar-refractivity contribution in [3.63, 3.8) is 0 Å². The number of hydrogen-bond acceptors (Lipinski definition) is 4. The Morgan fingerprint density at radius 2 is 1.84 bits per heavy atom. The molecule has 0 aromatic heterocycles. The SMILES string of the molecule is COc1ccc(Cl)cc1NCC1CCC(NS(=O)(=O)C(C)(C)C)CC1. The number of benzene rings is 1. The third-order valence-corrected chi connectivity index (χ3v) is 7.21. The van der Waals surface area contributed by atoms with Gasteiger partial charge < -0.3 is 10.1 Å². The summed E-state index contributed by atoms with van der Waals surface area (Å²) in [6, 6.07) is 5.56. The average Bonchev–Trinajstić information content (AvgIpc) is 2.53. The number of anilines is 1. The van der Waals surface area contributed by atoms with Crippen LogP contribution in [0.15, 0.2) is 18.2 Å². The molecular weight excluding hydrogens is 360 g/mol. The number of rotatable bonds is 6. The second kappa shape index (κ2) is 8.14. The molecule has 1 fully saturated rings. The van der Waals surface area contributed by atoms with Crippen molar-refractivity contribution in [2.24, 2.45) is 5.92 Å². The van der Waals surface area contributed by atoms with Gasteiger partial charge in [0, 0.05) is 17.6 Å². The molecule has 142 valence electrons. The summed E-state index contributed by atoms with van der Waals surface area (Å²) < 4.78 is 32.0. The van der Waals surface area contributed by atoms with Crippen molar-refractivity contribution in [2.75, 3.05) is 19.0 Å². The first-order valence-electron chi connectivity index (χ1n) is 8.71. The second-order valence-corrected chi connectivity index (χ2v) is 10.6. The zero-order valence-electron chi connectivity index (χ0n) is 15.4. The molecule has 1 aliphatic carbocycles. The average molecular weight is 389 g/mol. The maximum Gasteiger partial charge on any atom is 0.216 e. The first kappa shape index (κ1) is 20.3. The van der Waals surface area contributed by atoms with Crippen molar-refractivity contribution >= 4 is 27.3 Å². The molecule has 0 bridgehead atoms. The number of halogens is 1. The van der Waals surface area contributed by atoms with Crippen molar-refractivity contribution < 1.29 is 13.2 Å². The Kier molecular flexibility index (Phi) is 6.62. The minimum Gasteiger partial charge on any atom is -0.495 e. The highest BCUT2D eigenvalue weighted by molar-refractivity contribution is 7.90. The minimum absolute atomic E-state index is 0.0428. The Balaban J connectivity index is 1.84. The Morgan fingerprint density at radius 1 is 1.20 bits per heavy atom. The smallest absolute Gasteiger partial charge is 0.216 e. The van der Waals surface area contributed by atoms with Crippen molar-refractivity contribution in [3.05, 3.63) is 23.2 Å². The molecule has 0 heterocycles. The molecule has 2 rings (SSSR count). The summed E-state index contributed by atoms with van der Waals surface area (Å²) in [4.78, 5) is 0. The van der Waals surface area contributed by atoms with Gasteiger partial charge in [-0.1, -0.05) is 11.6 Å². The number of nitrogens with one attached hydrogen (secondary N) is 2. The monoisotopic (exact) mass is 388 g/mol. The van der Waals surface area contributed by atoms with E-state index in [1.54, 1.807) is 33.9 Å². The Labute approximate surface area is 156 Å². The van der Waals surface area contributed by atoms with Crippen LogP contribution in [0, 0.1) is 5.92 Å². The fraction of sp³-hybridized carbons (Fsp3) is 0.667. The van der Waals surface area contributed by atoms with E-state index in [-0.39, 0.29) is 6.04 Å². The highest BCUT2D eigenvalue weighted by atomic mass is 35.5. The molecular formula is C18H29ClN2O3S. The lowest BCUT2D eigenvalue weighted by atomic mass is 9.86. The van der Waals surface area contributed by atoms with Crippen LogP contribution in [0.3, 0.4) is 0 Å². The van der Waals surface area contributed by atoms with Crippen LogP contribution in [-0.4, -0.2) is 32.9 Å². The predicted molar refractivity (Wildman–Crippen MR) is 104 cm³/mol. The lowest BCUT2D eigenvalue weighted by molar-refractivity contribution is 0.322. The standard InChI is InChI=1S/C18H29ClN2O3S/c1-18(2,3)25(22,23)21-15-8-5-13(6-9-15)12-20-16-11-14(19)7-10-17(16)24-4/h7,10-11,13,15,20-21H,5-6,8-9,12H2,1-4H3. The van der Waals surface area contributed by atoms with Gasteiger partial charge in [0.2, 0.25) is 10.0 Å². The second-order valence-electron chi connectivity index (χ2n) is 7.68. The van der Waals surface area contributed by atoms with Crippen LogP contribution < -0.4 is 14.8 Å². The normalized spacial score (nSPS) is 21.8. The summed E-state index contributed by atoms with van der Waals surface area (Å²) in [6.07, 6.45) is 3.73. The van der Waals surface area contributed by atoms with Gasteiger partial charge in [-0.15, -0.1) is 0 Å². The summed E-state index contributed by atoms with van der Waals surface area (Å²) in [5.41, 5.74) is 0.894. The molecule has 25 heavy (non-hydrogen) atoms. The van der Waals surface area contributed by atoms with Crippen molar-refractivity contribution in [1.29, 1.82) is 0 Å². The van der Waals surface area contributed by atoms with Gasteiger partial charge in [0.1, 0.15) is 5.75 Å². The van der Waals surface area contributed by atoms with Gasteiger partial charge in [-0.25, -0.2) is 13.1 Å². The van der Waals surface area contributed by atoms with Gasteiger partial charge in [0.15, 0.2) is 0 Å². The lowest BCUT2D eigenvalue weighted by Gasteiger charge is -2.31. The topological polar surface area (TPSA) is 67.4 Å². The summed E-state index contributed by atoms with van der Waals surface area (Å²) in [5.74, 6) is 1.29. The Bertz CT molecular complexity index is 678. The van der Waals surface area contributed by atoms with E-state index in [0.717, 1.165) is 43.7 Å². The summed E-state index contributed by atoms with van der Waals surface area (Å²) >= 11 is 6.05. The van der Waals surface area contributed by atoms with Crippen LogP contribution >= 0.6 is 11.6 Å². The van der Waals surface area contributed by atoms with Gasteiger partial charge in [0.25, 0.3) is 0 Å². The molecule has 0 aliphatic heterocycles. The highest BCUT2D eigenvalue weighted by Gasteiger charge is 2.32. The molecule has 0 radical (unpaired) electrons. The van der Waals surface area contributed by atoms with E-state index in [9.17, 15) is 8.42 Å². The van der Waals surface area contributed by atoms with Crippen LogP contribution in [0.25, 0.3) is 0 Å². The predicted octanol–water partition coefficient (Wildman–Crippen LogP) is 4.04. The fourth-order valence-electron chi connectivity index (χ4n) is 2.95. The molecule has 1 aromatic carbocycles. The molecule has 0 atom stereocenters. The molecule has 1 saturated carbocycles. The summed E-state index contributed by atoms with van der Waals surface area (Å²) in [6.45, 7) is 6.01. The Hall–Kier alpha value is -0.980. The van der Waals surface area contributed by atoms with Crippen molar-refractivity contribution in [2.45, 2.75) is 57.2 Å². The van der Waals surface area contributed by atoms with Gasteiger partial charge in [0.05, 0.1) is 17.5 Å². The molecule has 7 heteroatoms. The number of ether oxygens (including phenoxy) is 1. The fourth-order valence-corrected chi connectivity index (χ4v) is 4.15. The zero-order valence-corrected chi connectivity index (χ0v) is 17.0. The maximum atomic E-state index is 12.3. The first-order valence-corrected chi connectivity index (χ1v) is 10.6. The van der Waals surface area contributed by atoms with Crippen LogP contribution in [-0.2, 0) is 10.0 Å². The first-order chi connectivity index (χ1) is 11.6. The van der Waals surface area contributed by atoms with Gasteiger partial charge >= 0.3 is 0 Å². The molecule has 1 aliphatic rings. The summed E-state index contributed by atoms with van der Waals surface area (Å²) in [7, 11) is -1.64. The molecule has 0 amide bonds. The molecule has 0 spiro atoms. The van der Waals surface area contributed by atoms with E-state index < -0.39 is 14.8 Å². The minimum atomic E-state index is -3.28. The van der Waals surface area contributed by atoms with Crippen molar-refractivity contribution in [1.82, 2.24) is 4.72 Å². The third kappa shape index (κ3) is 5.50. The number of sulfonamides is 1. The number of methoxy groups -OCH3 is 1. The van der Waals surface area contributed by atoms with E-state index in [4.69, 9.17) is 16.3 Å².